The lowest BCUT2D eigenvalue weighted by Crippen LogP contribution is -2.35. The van der Waals surface area contributed by atoms with Gasteiger partial charge in [-0.25, -0.2) is 8.42 Å². The van der Waals surface area contributed by atoms with Crippen LogP contribution in [-0.4, -0.2) is 33.2 Å². The zero-order valence-corrected chi connectivity index (χ0v) is 11.0. The maximum Gasteiger partial charge on any atom is 0.241 e. The normalized spacial score (nSPS) is 19.7. The average molecular weight is 268 g/mol. The number of anilines is 1. The van der Waals surface area contributed by atoms with E-state index in [0.717, 1.165) is 25.6 Å². The highest BCUT2D eigenvalue weighted by Crippen LogP contribution is 2.21. The molecule has 2 N–H and O–H groups in total. The maximum atomic E-state index is 11.9. The van der Waals surface area contributed by atoms with Crippen LogP contribution in [0.2, 0.25) is 0 Å². The van der Waals surface area contributed by atoms with Crippen molar-refractivity contribution in [3.63, 3.8) is 0 Å². The molecule has 18 heavy (non-hydrogen) atoms. The van der Waals surface area contributed by atoms with Crippen molar-refractivity contribution in [2.24, 2.45) is 0 Å². The molecule has 1 aliphatic rings. The number of amides is 1. The van der Waals surface area contributed by atoms with Crippen LogP contribution in [-0.2, 0) is 14.6 Å². The molecule has 1 aliphatic heterocycles. The first kappa shape index (κ1) is 13.0. The van der Waals surface area contributed by atoms with Crippen molar-refractivity contribution in [1.82, 2.24) is 5.32 Å². The highest BCUT2D eigenvalue weighted by atomic mass is 32.2. The molecule has 1 heterocycles. The van der Waals surface area contributed by atoms with Gasteiger partial charge in [0.15, 0.2) is 9.84 Å². The van der Waals surface area contributed by atoms with E-state index in [0.29, 0.717) is 5.69 Å². The quantitative estimate of drug-likeness (QED) is 0.849. The summed E-state index contributed by atoms with van der Waals surface area (Å²) in [7, 11) is -3.34. The molecule has 0 bridgehead atoms. The average Bonchev–Trinajstić information content (AvgIpc) is 2.81. The van der Waals surface area contributed by atoms with Gasteiger partial charge in [0.2, 0.25) is 5.91 Å². The van der Waals surface area contributed by atoms with Crippen LogP contribution in [0.3, 0.4) is 0 Å². The van der Waals surface area contributed by atoms with E-state index in [1.165, 1.54) is 6.07 Å². The van der Waals surface area contributed by atoms with E-state index in [9.17, 15) is 13.2 Å². The number of carbonyl (C=O) groups excluding carboxylic acids is 1. The lowest BCUT2D eigenvalue weighted by molar-refractivity contribution is -0.117. The molecule has 5 nitrogen and oxygen atoms in total. The number of carbonyl (C=O) groups is 1. The van der Waals surface area contributed by atoms with Gasteiger partial charge >= 0.3 is 0 Å². The molecule has 98 valence electrons. The minimum Gasteiger partial charge on any atom is -0.324 e. The van der Waals surface area contributed by atoms with Gasteiger partial charge in [0.1, 0.15) is 0 Å². The van der Waals surface area contributed by atoms with Crippen molar-refractivity contribution in [3.05, 3.63) is 24.3 Å². The Balaban J connectivity index is 2.21. The molecule has 1 aromatic rings. The molecule has 1 fully saturated rings. The van der Waals surface area contributed by atoms with E-state index < -0.39 is 9.84 Å². The molecule has 0 aromatic heterocycles. The van der Waals surface area contributed by atoms with Crippen LogP contribution in [0, 0.1) is 0 Å². The van der Waals surface area contributed by atoms with E-state index in [4.69, 9.17) is 0 Å². The summed E-state index contributed by atoms with van der Waals surface area (Å²) >= 11 is 0. The first-order chi connectivity index (χ1) is 8.48. The van der Waals surface area contributed by atoms with Crippen molar-refractivity contribution in [2.45, 2.75) is 23.8 Å². The zero-order chi connectivity index (χ0) is 13.2. The first-order valence-corrected chi connectivity index (χ1v) is 7.71. The van der Waals surface area contributed by atoms with Gasteiger partial charge in [0.05, 0.1) is 16.6 Å². The van der Waals surface area contributed by atoms with Gasteiger partial charge in [-0.1, -0.05) is 12.1 Å². The number of para-hydroxylation sites is 1. The molecule has 1 saturated heterocycles. The summed E-state index contributed by atoms with van der Waals surface area (Å²) in [5.41, 5.74) is 0.346. The molecule has 0 radical (unpaired) electrons. The molecule has 1 aromatic carbocycles. The molecule has 0 spiro atoms. The fraction of sp³-hybridized carbons (Fsp3) is 0.417. The molecular formula is C12H16N2O3S. The van der Waals surface area contributed by atoms with Crippen LogP contribution >= 0.6 is 0 Å². The topological polar surface area (TPSA) is 75.3 Å². The number of nitrogens with one attached hydrogen (secondary N) is 2. The summed E-state index contributed by atoms with van der Waals surface area (Å²) in [6.07, 6.45) is 2.88. The third-order valence-electron chi connectivity index (χ3n) is 2.92. The summed E-state index contributed by atoms with van der Waals surface area (Å²) in [6, 6.07) is 6.21. The van der Waals surface area contributed by atoms with E-state index in [1.807, 2.05) is 0 Å². The van der Waals surface area contributed by atoms with Crippen molar-refractivity contribution < 1.29 is 13.2 Å². The van der Waals surface area contributed by atoms with Gasteiger partial charge in [0.25, 0.3) is 0 Å². The highest BCUT2D eigenvalue weighted by Gasteiger charge is 2.23. The van der Waals surface area contributed by atoms with Crippen molar-refractivity contribution in [2.75, 3.05) is 18.1 Å². The highest BCUT2D eigenvalue weighted by molar-refractivity contribution is 7.90. The van der Waals surface area contributed by atoms with E-state index in [2.05, 4.69) is 10.6 Å². The summed E-state index contributed by atoms with van der Waals surface area (Å²) in [5.74, 6) is -0.177. The molecular weight excluding hydrogens is 252 g/mol. The second-order valence-electron chi connectivity index (χ2n) is 4.41. The van der Waals surface area contributed by atoms with E-state index in [-0.39, 0.29) is 16.8 Å². The third kappa shape index (κ3) is 2.88. The van der Waals surface area contributed by atoms with Gasteiger partial charge < -0.3 is 10.6 Å². The van der Waals surface area contributed by atoms with Crippen LogP contribution in [0.1, 0.15) is 12.8 Å². The Morgan fingerprint density at radius 3 is 2.72 bits per heavy atom. The largest absolute Gasteiger partial charge is 0.324 e. The Morgan fingerprint density at radius 1 is 1.39 bits per heavy atom. The summed E-state index contributed by atoms with van der Waals surface area (Å²) in [4.78, 5) is 12.1. The third-order valence-corrected chi connectivity index (χ3v) is 4.08. The number of benzene rings is 1. The lowest BCUT2D eigenvalue weighted by Gasteiger charge is -2.13. The van der Waals surface area contributed by atoms with Gasteiger partial charge in [-0.05, 0) is 31.5 Å². The van der Waals surface area contributed by atoms with E-state index >= 15 is 0 Å². The summed E-state index contributed by atoms with van der Waals surface area (Å²) in [5, 5.41) is 5.75. The van der Waals surface area contributed by atoms with Crippen LogP contribution < -0.4 is 10.6 Å². The summed E-state index contributed by atoms with van der Waals surface area (Å²) in [6.45, 7) is 0.825. The predicted molar refractivity (Wildman–Crippen MR) is 69.2 cm³/mol. The van der Waals surface area contributed by atoms with Crippen LogP contribution in [0.25, 0.3) is 0 Å². The molecule has 1 atom stereocenters. The number of rotatable bonds is 3. The molecule has 1 amide bonds. The second kappa shape index (κ2) is 5.07. The van der Waals surface area contributed by atoms with Crippen LogP contribution in [0.4, 0.5) is 5.69 Å². The summed E-state index contributed by atoms with van der Waals surface area (Å²) < 4.78 is 23.2. The minimum absolute atomic E-state index is 0.149. The van der Waals surface area contributed by atoms with Gasteiger partial charge in [-0.15, -0.1) is 0 Å². The van der Waals surface area contributed by atoms with Gasteiger partial charge in [-0.2, -0.15) is 0 Å². The zero-order valence-electron chi connectivity index (χ0n) is 10.1. The minimum atomic E-state index is -3.34. The Bertz CT molecular complexity index is 548. The van der Waals surface area contributed by atoms with Crippen molar-refractivity contribution >= 4 is 21.4 Å². The van der Waals surface area contributed by atoms with Gasteiger partial charge in [-0.3, -0.25) is 4.79 Å². The fourth-order valence-electron chi connectivity index (χ4n) is 2.02. The smallest absolute Gasteiger partial charge is 0.241 e. The molecule has 6 heteroatoms. The van der Waals surface area contributed by atoms with Crippen LogP contribution in [0.15, 0.2) is 29.2 Å². The predicted octanol–water partition coefficient (Wildman–Crippen LogP) is 0.781. The number of hydrogen-bond acceptors (Lipinski definition) is 4. The number of sulfone groups is 1. The van der Waals surface area contributed by atoms with Crippen molar-refractivity contribution in [1.29, 1.82) is 0 Å². The van der Waals surface area contributed by atoms with Gasteiger partial charge in [0, 0.05) is 6.26 Å². The number of hydrogen-bond donors (Lipinski definition) is 2. The Hall–Kier alpha value is -1.40. The molecule has 0 saturated carbocycles. The standard InChI is InChI=1S/C12H16N2O3S/c1-18(16,17)11-7-3-2-5-9(11)14-12(15)10-6-4-8-13-10/h2-3,5,7,10,13H,4,6,8H2,1H3,(H,14,15)/t10-/m1/s1. The van der Waals surface area contributed by atoms with E-state index in [1.54, 1.807) is 18.2 Å². The SMILES string of the molecule is CS(=O)(=O)c1ccccc1NC(=O)[C@H]1CCCN1. The monoisotopic (exact) mass is 268 g/mol. The van der Waals surface area contributed by atoms with Crippen LogP contribution in [0.5, 0.6) is 0 Å². The Morgan fingerprint density at radius 2 is 2.11 bits per heavy atom. The molecule has 0 aliphatic carbocycles. The first-order valence-electron chi connectivity index (χ1n) is 5.82. The lowest BCUT2D eigenvalue weighted by atomic mass is 10.2. The fourth-order valence-corrected chi connectivity index (χ4v) is 2.87. The molecule has 0 unspecified atom stereocenters. The second-order valence-corrected chi connectivity index (χ2v) is 6.39. The Labute approximate surface area is 107 Å². The maximum absolute atomic E-state index is 11.9. The molecule has 2 rings (SSSR count). The Kier molecular flexibility index (Phi) is 3.68. The van der Waals surface area contributed by atoms with Crippen molar-refractivity contribution in [3.8, 4) is 0 Å².